The van der Waals surface area contributed by atoms with E-state index in [2.05, 4.69) is 15.7 Å². The normalized spacial score (nSPS) is 22.9. The van der Waals surface area contributed by atoms with Gasteiger partial charge in [0.25, 0.3) is 0 Å². The molecule has 1 atom stereocenters. The maximum atomic E-state index is 11.6. The molecule has 0 amide bonds. The van der Waals surface area contributed by atoms with Crippen molar-refractivity contribution in [2.24, 2.45) is 5.41 Å². The molecule has 8 heteroatoms. The van der Waals surface area contributed by atoms with Crippen molar-refractivity contribution in [2.75, 3.05) is 30.6 Å². The van der Waals surface area contributed by atoms with Crippen LogP contribution in [0.3, 0.4) is 0 Å². The monoisotopic (exact) mass is 467 g/mol. The van der Waals surface area contributed by atoms with E-state index in [1.165, 1.54) is 5.56 Å². The lowest BCUT2D eigenvalue weighted by Crippen LogP contribution is -2.57. The van der Waals surface area contributed by atoms with Gasteiger partial charge in [0.05, 0.1) is 24.0 Å². The maximum absolute atomic E-state index is 11.6. The van der Waals surface area contributed by atoms with Crippen LogP contribution in [-0.2, 0) is 16.4 Å². The summed E-state index contributed by atoms with van der Waals surface area (Å²) in [6.45, 7) is 2.77. The Morgan fingerprint density at radius 3 is 2.45 bits per heavy atom. The second-order valence-electron chi connectivity index (χ2n) is 9.68. The summed E-state index contributed by atoms with van der Waals surface area (Å²) in [5, 5.41) is 20.3. The topological polar surface area (TPSA) is 103 Å². The molecule has 7 nitrogen and oxygen atoms in total. The summed E-state index contributed by atoms with van der Waals surface area (Å²) in [5.74, 6) is 0.658. The number of nitrogens with one attached hydrogen (secondary N) is 1. The number of rotatable bonds is 5. The van der Waals surface area contributed by atoms with Crippen LogP contribution in [0.1, 0.15) is 48.5 Å². The van der Waals surface area contributed by atoms with Gasteiger partial charge >= 0.3 is 0 Å². The largest absolute Gasteiger partial charge is 0.486 e. The van der Waals surface area contributed by atoms with Crippen LogP contribution in [0.2, 0.25) is 0 Å². The number of nitriles is 1. The molecule has 2 N–H and O–H groups in total. The molecule has 1 saturated carbocycles. The van der Waals surface area contributed by atoms with Crippen molar-refractivity contribution in [3.8, 4) is 11.8 Å². The first-order valence-electron chi connectivity index (χ1n) is 11.4. The first kappa shape index (κ1) is 22.2. The van der Waals surface area contributed by atoms with Crippen LogP contribution in [0, 0.1) is 16.7 Å². The Kier molecular flexibility index (Phi) is 5.39. The molecule has 2 spiro atoms. The van der Waals surface area contributed by atoms with Crippen LogP contribution in [0.25, 0.3) is 0 Å². The Labute approximate surface area is 195 Å². The lowest BCUT2D eigenvalue weighted by molar-refractivity contribution is -0.122. The molecule has 2 aromatic carbocycles. The van der Waals surface area contributed by atoms with E-state index in [9.17, 15) is 13.5 Å². The van der Waals surface area contributed by atoms with Gasteiger partial charge in [0.15, 0.2) is 0 Å². The number of benzene rings is 2. The predicted molar refractivity (Wildman–Crippen MR) is 125 cm³/mol. The first-order valence-corrected chi connectivity index (χ1v) is 13.3. The fourth-order valence-electron chi connectivity index (χ4n) is 5.63. The summed E-state index contributed by atoms with van der Waals surface area (Å²) in [4.78, 5) is 2.45. The highest BCUT2D eigenvalue weighted by Gasteiger charge is 2.67. The van der Waals surface area contributed by atoms with Crippen LogP contribution < -0.4 is 9.46 Å². The SMILES string of the molecule is CS(=O)(=O)Nc1ccc2c(c1)C(O)C1(CC1)C1(CCN(CCc3ccc(C#N)cc3)CC1)O2. The maximum Gasteiger partial charge on any atom is 0.229 e. The number of aliphatic hydroxyl groups is 1. The predicted octanol–water partition coefficient (Wildman–Crippen LogP) is 3.21. The van der Waals surface area contributed by atoms with Crippen LogP contribution in [-0.4, -0.2) is 49.9 Å². The second kappa shape index (κ2) is 8.01. The van der Waals surface area contributed by atoms with E-state index >= 15 is 0 Å². The van der Waals surface area contributed by atoms with Crippen molar-refractivity contribution in [3.63, 3.8) is 0 Å². The number of piperidine rings is 1. The summed E-state index contributed by atoms with van der Waals surface area (Å²) < 4.78 is 32.4. The van der Waals surface area contributed by atoms with E-state index in [0.717, 1.165) is 58.0 Å². The Bertz CT molecular complexity index is 1190. The van der Waals surface area contributed by atoms with Gasteiger partial charge in [-0.2, -0.15) is 5.26 Å². The molecule has 2 heterocycles. The molecule has 3 aliphatic rings. The van der Waals surface area contributed by atoms with Gasteiger partial charge in [0.2, 0.25) is 10.0 Å². The van der Waals surface area contributed by atoms with Crippen molar-refractivity contribution < 1.29 is 18.3 Å². The van der Waals surface area contributed by atoms with Crippen molar-refractivity contribution in [1.29, 1.82) is 5.26 Å². The van der Waals surface area contributed by atoms with Gasteiger partial charge in [0.1, 0.15) is 11.4 Å². The molecule has 5 rings (SSSR count). The zero-order valence-corrected chi connectivity index (χ0v) is 19.6. The Balaban J connectivity index is 1.28. The molecule has 0 aromatic heterocycles. The summed E-state index contributed by atoms with van der Waals surface area (Å²) >= 11 is 0. The zero-order chi connectivity index (χ0) is 23.3. The number of ether oxygens (including phenoxy) is 1. The van der Waals surface area contributed by atoms with E-state index in [0.29, 0.717) is 22.6 Å². The Morgan fingerprint density at radius 2 is 1.85 bits per heavy atom. The smallest absolute Gasteiger partial charge is 0.229 e. The third-order valence-electron chi connectivity index (χ3n) is 7.60. The van der Waals surface area contributed by atoms with Crippen LogP contribution >= 0.6 is 0 Å². The van der Waals surface area contributed by atoms with E-state index in [1.54, 1.807) is 18.2 Å². The third kappa shape index (κ3) is 4.10. The molecular formula is C25H29N3O4S. The number of nitrogens with zero attached hydrogens (tertiary/aromatic N) is 2. The Morgan fingerprint density at radius 1 is 1.15 bits per heavy atom. The second-order valence-corrected chi connectivity index (χ2v) is 11.4. The lowest BCUT2D eigenvalue weighted by atomic mass is 9.70. The van der Waals surface area contributed by atoms with E-state index in [4.69, 9.17) is 10.00 Å². The van der Waals surface area contributed by atoms with E-state index in [1.807, 2.05) is 24.3 Å². The van der Waals surface area contributed by atoms with E-state index < -0.39 is 16.1 Å². The van der Waals surface area contributed by atoms with Gasteiger partial charge in [-0.05, 0) is 55.2 Å². The summed E-state index contributed by atoms with van der Waals surface area (Å²) in [5.41, 5.74) is 2.36. The summed E-state index contributed by atoms with van der Waals surface area (Å²) in [6.07, 6.45) is 4.96. The lowest BCUT2D eigenvalue weighted by Gasteiger charge is -2.52. The van der Waals surface area contributed by atoms with Crippen molar-refractivity contribution in [2.45, 2.75) is 43.8 Å². The fourth-order valence-corrected chi connectivity index (χ4v) is 6.18. The minimum absolute atomic E-state index is 0.289. The van der Waals surface area contributed by atoms with E-state index in [-0.39, 0.29) is 11.0 Å². The Hall–Kier alpha value is -2.60. The van der Waals surface area contributed by atoms with Gasteiger partial charge in [0, 0.05) is 49.1 Å². The molecular weight excluding hydrogens is 438 g/mol. The number of fused-ring (bicyclic) bond motifs is 2. The highest BCUT2D eigenvalue weighted by Crippen LogP contribution is 2.68. The van der Waals surface area contributed by atoms with Gasteiger partial charge in [-0.15, -0.1) is 0 Å². The standard InChI is InChI=1S/C25H29N3O4S/c1-33(30,31)27-20-6-7-22-21(16-20)23(29)24(9-10-24)25(32-22)11-14-28(15-12-25)13-8-18-2-4-19(17-26)5-3-18/h2-7,16,23,27,29H,8-15H2,1H3. The molecule has 2 fully saturated rings. The highest BCUT2D eigenvalue weighted by atomic mass is 32.2. The quantitative estimate of drug-likeness (QED) is 0.700. The van der Waals surface area contributed by atoms with Gasteiger partial charge in [-0.3, -0.25) is 4.72 Å². The van der Waals surface area contributed by atoms with Crippen LogP contribution in [0.15, 0.2) is 42.5 Å². The molecule has 0 bridgehead atoms. The highest BCUT2D eigenvalue weighted by molar-refractivity contribution is 7.92. The van der Waals surface area contributed by atoms with Crippen LogP contribution in [0.4, 0.5) is 5.69 Å². The number of hydrogen-bond acceptors (Lipinski definition) is 6. The molecule has 1 saturated heterocycles. The van der Waals surface area contributed by atoms with Gasteiger partial charge in [-0.25, -0.2) is 8.42 Å². The fraction of sp³-hybridized carbons (Fsp3) is 0.480. The third-order valence-corrected chi connectivity index (χ3v) is 8.20. The molecule has 0 radical (unpaired) electrons. The van der Waals surface area contributed by atoms with Crippen molar-refractivity contribution >= 4 is 15.7 Å². The van der Waals surface area contributed by atoms with Crippen molar-refractivity contribution in [3.05, 3.63) is 59.2 Å². The number of sulfonamides is 1. The number of hydrogen-bond donors (Lipinski definition) is 2. The molecule has 33 heavy (non-hydrogen) atoms. The number of likely N-dealkylation sites (tertiary alicyclic amines) is 1. The summed E-state index contributed by atoms with van der Waals surface area (Å²) in [7, 11) is -3.39. The minimum atomic E-state index is -3.39. The number of aliphatic hydroxyl groups excluding tert-OH is 1. The van der Waals surface area contributed by atoms with Gasteiger partial charge in [-0.1, -0.05) is 12.1 Å². The zero-order valence-electron chi connectivity index (χ0n) is 18.8. The van der Waals surface area contributed by atoms with Crippen LogP contribution in [0.5, 0.6) is 5.75 Å². The molecule has 1 aliphatic carbocycles. The average molecular weight is 468 g/mol. The minimum Gasteiger partial charge on any atom is -0.486 e. The number of anilines is 1. The molecule has 2 aliphatic heterocycles. The first-order chi connectivity index (χ1) is 15.7. The molecule has 2 aromatic rings. The summed E-state index contributed by atoms with van der Waals surface area (Å²) in [6, 6.07) is 15.1. The average Bonchev–Trinajstić information content (AvgIpc) is 3.60. The molecule has 1 unspecified atom stereocenters. The van der Waals surface area contributed by atoms with Crippen molar-refractivity contribution in [1.82, 2.24) is 4.90 Å². The molecule has 174 valence electrons. The van der Waals surface area contributed by atoms with Gasteiger partial charge < -0.3 is 14.7 Å².